The van der Waals surface area contributed by atoms with Gasteiger partial charge in [-0.05, 0) is 32.9 Å². The first kappa shape index (κ1) is 16.9. The minimum absolute atomic E-state index is 0.186. The maximum absolute atomic E-state index is 14.4. The summed E-state index contributed by atoms with van der Waals surface area (Å²) in [5, 5.41) is 3.21. The van der Waals surface area contributed by atoms with Gasteiger partial charge in [-0.2, -0.15) is 0 Å². The Balaban J connectivity index is 2.62. The third-order valence-electron chi connectivity index (χ3n) is 2.93. The number of rotatable bonds is 9. The number of hydrogen-bond acceptors (Lipinski definition) is 4. The molecule has 0 bridgehead atoms. The number of anilines is 1. The molecular formula is C15H26FN3O. The summed E-state index contributed by atoms with van der Waals surface area (Å²) in [5.74, 6) is 0.135. The van der Waals surface area contributed by atoms with Crippen molar-refractivity contribution in [1.29, 1.82) is 0 Å². The van der Waals surface area contributed by atoms with E-state index >= 15 is 0 Å². The molecule has 0 fully saturated rings. The van der Waals surface area contributed by atoms with Crippen molar-refractivity contribution >= 4 is 5.82 Å². The molecular weight excluding hydrogens is 257 g/mol. The Labute approximate surface area is 121 Å². The zero-order chi connectivity index (χ0) is 15.0. The van der Waals surface area contributed by atoms with Crippen molar-refractivity contribution in [3.63, 3.8) is 0 Å². The van der Waals surface area contributed by atoms with Gasteiger partial charge in [0.25, 0.3) is 0 Å². The molecule has 0 saturated heterocycles. The maximum Gasteiger partial charge on any atom is 0.170 e. The van der Waals surface area contributed by atoms with Crippen molar-refractivity contribution in [2.45, 2.75) is 39.8 Å². The van der Waals surface area contributed by atoms with E-state index in [-0.39, 0.29) is 11.9 Å². The van der Waals surface area contributed by atoms with Crippen LogP contribution in [0.1, 0.15) is 32.8 Å². The highest BCUT2D eigenvalue weighted by atomic mass is 19.1. The van der Waals surface area contributed by atoms with Crippen molar-refractivity contribution in [3.05, 3.63) is 23.6 Å². The SMILES string of the molecule is CCCNCc1ccnc(N(C)CCOC(C)C)c1F. The largest absolute Gasteiger partial charge is 0.377 e. The summed E-state index contributed by atoms with van der Waals surface area (Å²) >= 11 is 0. The molecule has 0 aromatic carbocycles. The molecule has 0 unspecified atom stereocenters. The average molecular weight is 283 g/mol. The second-order valence-corrected chi connectivity index (χ2v) is 5.13. The zero-order valence-electron chi connectivity index (χ0n) is 12.9. The van der Waals surface area contributed by atoms with E-state index in [0.717, 1.165) is 13.0 Å². The van der Waals surface area contributed by atoms with Gasteiger partial charge in [0.1, 0.15) is 0 Å². The summed E-state index contributed by atoms with van der Waals surface area (Å²) in [6.45, 7) is 8.66. The fourth-order valence-corrected chi connectivity index (χ4v) is 1.81. The summed E-state index contributed by atoms with van der Waals surface area (Å²) in [6, 6.07) is 1.72. The third kappa shape index (κ3) is 5.43. The Morgan fingerprint density at radius 2 is 2.20 bits per heavy atom. The molecule has 0 spiro atoms. The van der Waals surface area contributed by atoms with E-state index in [0.29, 0.717) is 31.1 Å². The van der Waals surface area contributed by atoms with Crippen LogP contribution in [0.4, 0.5) is 10.2 Å². The summed E-state index contributed by atoms with van der Waals surface area (Å²) in [6.07, 6.45) is 2.87. The first-order chi connectivity index (χ1) is 9.56. The Hall–Kier alpha value is -1.20. The number of hydrogen-bond donors (Lipinski definition) is 1. The lowest BCUT2D eigenvalue weighted by Gasteiger charge is -2.20. The first-order valence-electron chi connectivity index (χ1n) is 7.23. The maximum atomic E-state index is 14.4. The fraction of sp³-hybridized carbons (Fsp3) is 0.667. The van der Waals surface area contributed by atoms with Crippen molar-refractivity contribution in [2.24, 2.45) is 0 Å². The van der Waals surface area contributed by atoms with E-state index in [1.165, 1.54) is 0 Å². The van der Waals surface area contributed by atoms with E-state index in [9.17, 15) is 4.39 Å². The molecule has 0 aliphatic carbocycles. The minimum Gasteiger partial charge on any atom is -0.377 e. The second-order valence-electron chi connectivity index (χ2n) is 5.13. The van der Waals surface area contributed by atoms with Crippen LogP contribution in [0.5, 0.6) is 0 Å². The molecule has 1 N–H and O–H groups in total. The van der Waals surface area contributed by atoms with E-state index < -0.39 is 0 Å². The van der Waals surface area contributed by atoms with Gasteiger partial charge >= 0.3 is 0 Å². The minimum atomic E-state index is -0.247. The molecule has 0 amide bonds. The van der Waals surface area contributed by atoms with Crippen LogP contribution in [0.2, 0.25) is 0 Å². The molecule has 1 rings (SSSR count). The normalized spacial score (nSPS) is 11.1. The van der Waals surface area contributed by atoms with Crippen LogP contribution in [0.15, 0.2) is 12.3 Å². The lowest BCUT2D eigenvalue weighted by molar-refractivity contribution is 0.0845. The molecule has 114 valence electrons. The monoisotopic (exact) mass is 283 g/mol. The molecule has 4 nitrogen and oxygen atoms in total. The van der Waals surface area contributed by atoms with Crippen molar-refractivity contribution in [2.75, 3.05) is 31.6 Å². The molecule has 20 heavy (non-hydrogen) atoms. The van der Waals surface area contributed by atoms with Crippen molar-refractivity contribution in [1.82, 2.24) is 10.3 Å². The van der Waals surface area contributed by atoms with Gasteiger partial charge in [-0.1, -0.05) is 6.92 Å². The topological polar surface area (TPSA) is 37.4 Å². The third-order valence-corrected chi connectivity index (χ3v) is 2.93. The van der Waals surface area contributed by atoms with Crippen LogP contribution in [-0.2, 0) is 11.3 Å². The number of aromatic nitrogens is 1. The van der Waals surface area contributed by atoms with Crippen LogP contribution in [0.3, 0.4) is 0 Å². The molecule has 1 heterocycles. The molecule has 0 radical (unpaired) electrons. The van der Waals surface area contributed by atoms with E-state index in [4.69, 9.17) is 4.74 Å². The van der Waals surface area contributed by atoms with Gasteiger partial charge in [0.05, 0.1) is 12.7 Å². The summed E-state index contributed by atoms with van der Waals surface area (Å²) in [4.78, 5) is 5.93. The number of pyridine rings is 1. The number of likely N-dealkylation sites (N-methyl/N-ethyl adjacent to an activating group) is 1. The van der Waals surface area contributed by atoms with Gasteiger partial charge in [-0.15, -0.1) is 0 Å². The quantitative estimate of drug-likeness (QED) is 0.707. The van der Waals surface area contributed by atoms with Gasteiger partial charge in [0.15, 0.2) is 11.6 Å². The Kier molecular flexibility index (Phi) is 7.47. The van der Waals surface area contributed by atoms with Crippen LogP contribution in [-0.4, -0.2) is 37.8 Å². The Morgan fingerprint density at radius 1 is 1.45 bits per heavy atom. The van der Waals surface area contributed by atoms with Crippen molar-refractivity contribution < 1.29 is 9.13 Å². The van der Waals surface area contributed by atoms with Gasteiger partial charge in [-0.25, -0.2) is 9.37 Å². The lowest BCUT2D eigenvalue weighted by Crippen LogP contribution is -2.26. The van der Waals surface area contributed by atoms with E-state index in [2.05, 4.69) is 17.2 Å². The average Bonchev–Trinajstić information content (AvgIpc) is 2.40. The van der Waals surface area contributed by atoms with Gasteiger partial charge in [-0.3, -0.25) is 0 Å². The molecule has 0 saturated carbocycles. The standard InChI is InChI=1S/C15H26FN3O/c1-5-7-17-11-13-6-8-18-15(14(13)16)19(4)9-10-20-12(2)3/h6,8,12,17H,5,7,9-11H2,1-4H3. The number of nitrogens with one attached hydrogen (secondary N) is 1. The highest BCUT2D eigenvalue weighted by Gasteiger charge is 2.13. The number of halogens is 1. The highest BCUT2D eigenvalue weighted by molar-refractivity contribution is 5.42. The first-order valence-corrected chi connectivity index (χ1v) is 7.23. The van der Waals surface area contributed by atoms with E-state index in [1.54, 1.807) is 17.2 Å². The smallest absolute Gasteiger partial charge is 0.170 e. The highest BCUT2D eigenvalue weighted by Crippen LogP contribution is 2.18. The number of nitrogens with zero attached hydrogens (tertiary/aromatic N) is 2. The summed E-state index contributed by atoms with van der Waals surface area (Å²) in [5.41, 5.74) is 0.653. The molecule has 0 aliphatic heterocycles. The van der Waals surface area contributed by atoms with Crippen LogP contribution in [0, 0.1) is 5.82 Å². The lowest BCUT2D eigenvalue weighted by atomic mass is 10.2. The van der Waals surface area contributed by atoms with Crippen molar-refractivity contribution in [3.8, 4) is 0 Å². The fourth-order valence-electron chi connectivity index (χ4n) is 1.81. The van der Waals surface area contributed by atoms with Crippen LogP contribution in [0.25, 0.3) is 0 Å². The molecule has 0 aliphatic rings. The molecule has 1 aromatic heterocycles. The summed E-state index contributed by atoms with van der Waals surface area (Å²) in [7, 11) is 1.83. The zero-order valence-corrected chi connectivity index (χ0v) is 12.9. The summed E-state index contributed by atoms with van der Waals surface area (Å²) < 4.78 is 19.8. The number of ether oxygens (including phenoxy) is 1. The predicted molar refractivity (Wildman–Crippen MR) is 80.6 cm³/mol. The molecule has 0 atom stereocenters. The molecule has 5 heteroatoms. The molecule has 1 aromatic rings. The van der Waals surface area contributed by atoms with Crippen LogP contribution < -0.4 is 10.2 Å². The Morgan fingerprint density at radius 3 is 2.85 bits per heavy atom. The van der Waals surface area contributed by atoms with Gasteiger partial charge in [0, 0.05) is 31.9 Å². The van der Waals surface area contributed by atoms with Gasteiger partial charge < -0.3 is 15.0 Å². The second kappa shape index (κ2) is 8.87. The van der Waals surface area contributed by atoms with E-state index in [1.807, 2.05) is 20.9 Å². The predicted octanol–water partition coefficient (Wildman–Crippen LogP) is 2.58. The Bertz CT molecular complexity index is 399. The van der Waals surface area contributed by atoms with Crippen LogP contribution >= 0.6 is 0 Å². The van der Waals surface area contributed by atoms with Gasteiger partial charge in [0.2, 0.25) is 0 Å².